The highest BCUT2D eigenvalue weighted by molar-refractivity contribution is 5.54. The Labute approximate surface area is 178 Å². The number of halogens is 3. The van der Waals surface area contributed by atoms with E-state index in [1.54, 1.807) is 12.1 Å². The minimum atomic E-state index is -4.31. The summed E-state index contributed by atoms with van der Waals surface area (Å²) in [7, 11) is 0. The van der Waals surface area contributed by atoms with E-state index < -0.39 is 11.7 Å². The smallest absolute Gasteiger partial charge is 0.381 e. The maximum absolute atomic E-state index is 12.7. The van der Waals surface area contributed by atoms with Crippen LogP contribution in [0.5, 0.6) is 0 Å². The normalized spacial score (nSPS) is 18.5. The number of alkyl halides is 3. The van der Waals surface area contributed by atoms with Crippen molar-refractivity contribution in [2.75, 3.05) is 31.2 Å². The molecule has 0 radical (unpaired) electrons. The number of fused-ring (bicyclic) bond motifs is 1. The molecule has 31 heavy (non-hydrogen) atoms. The molecule has 0 bridgehead atoms. The van der Waals surface area contributed by atoms with Crippen molar-refractivity contribution in [2.45, 2.75) is 38.8 Å². The highest BCUT2D eigenvalue weighted by atomic mass is 19.4. The molecule has 4 heterocycles. The van der Waals surface area contributed by atoms with Crippen LogP contribution in [0.25, 0.3) is 5.65 Å². The van der Waals surface area contributed by atoms with E-state index in [9.17, 15) is 13.2 Å². The fourth-order valence-corrected chi connectivity index (χ4v) is 4.65. The molecule has 0 atom stereocenters. The van der Waals surface area contributed by atoms with Crippen molar-refractivity contribution in [3.63, 3.8) is 0 Å². The second-order valence-corrected chi connectivity index (χ2v) is 8.82. The molecule has 2 saturated heterocycles. The predicted octanol–water partition coefficient (Wildman–Crippen LogP) is 4.46. The summed E-state index contributed by atoms with van der Waals surface area (Å²) in [5.74, 6) is 1.06. The first-order chi connectivity index (χ1) is 14.8. The lowest BCUT2D eigenvalue weighted by atomic mass is 9.73. The van der Waals surface area contributed by atoms with Gasteiger partial charge in [-0.3, -0.25) is 0 Å². The van der Waals surface area contributed by atoms with Crippen LogP contribution in [0.2, 0.25) is 0 Å². The van der Waals surface area contributed by atoms with Gasteiger partial charge in [-0.2, -0.15) is 22.8 Å². The molecule has 5 nitrogen and oxygen atoms in total. The molecule has 5 rings (SSSR count). The molecule has 0 saturated carbocycles. The number of ether oxygens (including phenoxy) is 1. The van der Waals surface area contributed by atoms with Crippen molar-refractivity contribution in [2.24, 2.45) is 5.41 Å². The minimum absolute atomic E-state index is 0.361. The van der Waals surface area contributed by atoms with Crippen LogP contribution < -0.4 is 4.90 Å². The molecule has 2 aliphatic heterocycles. The summed E-state index contributed by atoms with van der Waals surface area (Å²) >= 11 is 0. The van der Waals surface area contributed by atoms with E-state index in [1.807, 2.05) is 17.5 Å². The summed E-state index contributed by atoms with van der Waals surface area (Å²) in [6.45, 7) is 5.69. The van der Waals surface area contributed by atoms with Gasteiger partial charge in [0.1, 0.15) is 5.82 Å². The fourth-order valence-electron chi connectivity index (χ4n) is 4.65. The van der Waals surface area contributed by atoms with Gasteiger partial charge in [0.25, 0.3) is 0 Å². The Hall–Kier alpha value is -2.61. The number of aromatic nitrogens is 3. The average molecular weight is 430 g/mol. The van der Waals surface area contributed by atoms with E-state index in [0.717, 1.165) is 79.7 Å². The number of nitrogens with zero attached hydrogens (tertiary/aromatic N) is 4. The molecular weight excluding hydrogens is 405 g/mol. The molecule has 0 unspecified atom stereocenters. The molecular formula is C23H25F3N4O. The zero-order valence-corrected chi connectivity index (χ0v) is 17.5. The third-order valence-electron chi connectivity index (χ3n) is 6.47. The van der Waals surface area contributed by atoms with Gasteiger partial charge < -0.3 is 9.64 Å². The monoisotopic (exact) mass is 430 g/mol. The van der Waals surface area contributed by atoms with Crippen molar-refractivity contribution < 1.29 is 17.9 Å². The Morgan fingerprint density at radius 1 is 1.03 bits per heavy atom. The van der Waals surface area contributed by atoms with Crippen LogP contribution in [-0.2, 0) is 23.8 Å². The lowest BCUT2D eigenvalue weighted by Crippen LogP contribution is -2.59. The lowest BCUT2D eigenvalue weighted by molar-refractivity contribution is -0.137. The number of anilines is 1. The number of hydrogen-bond acceptors (Lipinski definition) is 4. The van der Waals surface area contributed by atoms with Gasteiger partial charge in [-0.1, -0.05) is 12.1 Å². The van der Waals surface area contributed by atoms with Gasteiger partial charge in [0.15, 0.2) is 5.65 Å². The molecule has 0 N–H and O–H groups in total. The fraction of sp³-hybridized carbons (Fsp3) is 0.478. The molecule has 8 heteroatoms. The van der Waals surface area contributed by atoms with Crippen molar-refractivity contribution in [1.82, 2.24) is 14.6 Å². The first-order valence-electron chi connectivity index (χ1n) is 10.7. The number of benzene rings is 1. The molecule has 2 aliphatic rings. The van der Waals surface area contributed by atoms with E-state index >= 15 is 0 Å². The van der Waals surface area contributed by atoms with Crippen LogP contribution >= 0.6 is 0 Å². The van der Waals surface area contributed by atoms with Crippen LogP contribution in [0.1, 0.15) is 35.4 Å². The molecule has 0 amide bonds. The summed E-state index contributed by atoms with van der Waals surface area (Å²) in [4.78, 5) is 6.98. The lowest BCUT2D eigenvalue weighted by Gasteiger charge is -2.53. The zero-order valence-electron chi connectivity index (χ0n) is 17.5. The van der Waals surface area contributed by atoms with Gasteiger partial charge in [0, 0.05) is 49.5 Å². The summed E-state index contributed by atoms with van der Waals surface area (Å²) < 4.78 is 45.7. The van der Waals surface area contributed by atoms with Crippen molar-refractivity contribution in [1.29, 1.82) is 0 Å². The van der Waals surface area contributed by atoms with Crippen LogP contribution in [0.15, 0.2) is 36.4 Å². The Kier molecular flexibility index (Phi) is 4.92. The summed E-state index contributed by atoms with van der Waals surface area (Å²) in [6.07, 6.45) is -0.819. The summed E-state index contributed by atoms with van der Waals surface area (Å²) in [5, 5.41) is 4.77. The Morgan fingerprint density at radius 2 is 1.74 bits per heavy atom. The molecule has 1 aromatic carbocycles. The quantitative estimate of drug-likeness (QED) is 0.613. The van der Waals surface area contributed by atoms with Crippen LogP contribution in [0.4, 0.5) is 19.0 Å². The van der Waals surface area contributed by atoms with Crippen LogP contribution in [0.3, 0.4) is 0 Å². The Morgan fingerprint density at radius 3 is 2.42 bits per heavy atom. The van der Waals surface area contributed by atoms with Gasteiger partial charge >= 0.3 is 6.18 Å². The van der Waals surface area contributed by atoms with E-state index in [1.165, 1.54) is 0 Å². The third kappa shape index (κ3) is 4.01. The highest BCUT2D eigenvalue weighted by Gasteiger charge is 2.44. The van der Waals surface area contributed by atoms with Crippen molar-refractivity contribution in [3.05, 3.63) is 58.9 Å². The molecule has 2 aromatic heterocycles. The predicted molar refractivity (Wildman–Crippen MR) is 111 cm³/mol. The average Bonchev–Trinajstić information content (AvgIpc) is 3.13. The van der Waals surface area contributed by atoms with Crippen molar-refractivity contribution in [3.8, 4) is 0 Å². The number of aryl methyl sites for hydroxylation is 3. The van der Waals surface area contributed by atoms with Gasteiger partial charge in [0.2, 0.25) is 0 Å². The van der Waals surface area contributed by atoms with Gasteiger partial charge in [-0.15, -0.1) is 0 Å². The minimum Gasteiger partial charge on any atom is -0.381 e. The highest BCUT2D eigenvalue weighted by Crippen LogP contribution is 2.42. The second kappa shape index (κ2) is 7.51. The Balaban J connectivity index is 1.31. The first-order valence-corrected chi connectivity index (χ1v) is 10.7. The summed E-state index contributed by atoms with van der Waals surface area (Å²) in [5.41, 5.74) is 3.25. The summed E-state index contributed by atoms with van der Waals surface area (Å²) in [6, 6.07) is 9.41. The standard InChI is InChI=1S/C23H25F3N4O/c1-16-12-21(29-14-22(15-29)8-10-31-11-9-22)30-20(27-16)13-19(28-30)7-4-17-2-5-18(6-3-17)23(24,25)26/h2-3,5-6,12-13H,4,7-11,14-15H2,1H3. The van der Waals surface area contributed by atoms with E-state index in [4.69, 9.17) is 9.84 Å². The topological polar surface area (TPSA) is 42.7 Å². The molecule has 164 valence electrons. The van der Waals surface area contributed by atoms with Gasteiger partial charge in [-0.25, -0.2) is 4.98 Å². The number of hydrogen-bond donors (Lipinski definition) is 0. The maximum Gasteiger partial charge on any atom is 0.416 e. The SMILES string of the molecule is Cc1cc(N2CC3(CCOCC3)C2)n2nc(CCc3ccc(C(F)(F)F)cc3)cc2n1. The largest absolute Gasteiger partial charge is 0.416 e. The van der Waals surface area contributed by atoms with Crippen LogP contribution in [0, 0.1) is 12.3 Å². The van der Waals surface area contributed by atoms with E-state index in [-0.39, 0.29) is 0 Å². The van der Waals surface area contributed by atoms with E-state index in [2.05, 4.69) is 16.0 Å². The van der Waals surface area contributed by atoms with Crippen LogP contribution in [-0.4, -0.2) is 40.9 Å². The zero-order chi connectivity index (χ0) is 21.6. The number of rotatable bonds is 4. The van der Waals surface area contributed by atoms with Gasteiger partial charge in [-0.05, 0) is 50.3 Å². The molecule has 1 spiro atoms. The van der Waals surface area contributed by atoms with Crippen molar-refractivity contribution >= 4 is 11.5 Å². The van der Waals surface area contributed by atoms with Gasteiger partial charge in [0.05, 0.1) is 11.3 Å². The molecule has 3 aromatic rings. The third-order valence-corrected chi connectivity index (χ3v) is 6.47. The molecule has 0 aliphatic carbocycles. The Bertz CT molecular complexity index is 1080. The first kappa shape index (κ1) is 20.3. The second-order valence-electron chi connectivity index (χ2n) is 8.82. The maximum atomic E-state index is 12.7. The molecule has 2 fully saturated rings. The van der Waals surface area contributed by atoms with E-state index in [0.29, 0.717) is 18.3 Å².